The predicted octanol–water partition coefficient (Wildman–Crippen LogP) is 18.1. The average Bonchev–Trinajstić information content (AvgIpc) is 3.96. The molecular weight excluding hydrogens is 805 g/mol. The first kappa shape index (κ1) is 37.7. The van der Waals surface area contributed by atoms with Crippen LogP contribution in [0.5, 0.6) is 0 Å². The first-order chi connectivity index (χ1) is 32.7. The molecule has 310 valence electrons. The van der Waals surface area contributed by atoms with Crippen LogP contribution in [0, 0.1) is 0 Å². The Hall–Kier alpha value is -8.86. The summed E-state index contributed by atoms with van der Waals surface area (Å²) in [6.45, 7) is 0. The van der Waals surface area contributed by atoms with E-state index in [1.54, 1.807) is 0 Å². The minimum atomic E-state index is 0.862. The Bertz CT molecular complexity index is 3610. The van der Waals surface area contributed by atoms with Crippen molar-refractivity contribution in [2.75, 3.05) is 9.80 Å². The van der Waals surface area contributed by atoms with Gasteiger partial charge in [0.15, 0.2) is 0 Å². The Balaban J connectivity index is 1.08. The third-order valence-electron chi connectivity index (χ3n) is 13.0. The first-order valence-corrected chi connectivity index (χ1v) is 22.4. The molecule has 0 aliphatic heterocycles. The largest absolute Gasteiger partial charge is 0.456 e. The highest BCUT2D eigenvalue weighted by Crippen LogP contribution is 2.52. The van der Waals surface area contributed by atoms with E-state index in [0.717, 1.165) is 111 Å². The summed E-state index contributed by atoms with van der Waals surface area (Å²) in [7, 11) is 0. The lowest BCUT2D eigenvalue weighted by Crippen LogP contribution is -2.14. The van der Waals surface area contributed by atoms with Gasteiger partial charge in [0.2, 0.25) is 0 Å². The SMILES string of the molecule is c1ccc(-c2ccc(N(c3ccc4oc5ccccc5c4c3)c3c4ccccc4c(N(c4ccc(-c5ccccc5)cc4)c4ccc5oc6ccccc6c5c4)c4ccccc34)cc2)cc1. The van der Waals surface area contributed by atoms with E-state index < -0.39 is 0 Å². The summed E-state index contributed by atoms with van der Waals surface area (Å²) in [5, 5.41) is 8.82. The van der Waals surface area contributed by atoms with Crippen molar-refractivity contribution in [1.29, 1.82) is 0 Å². The maximum atomic E-state index is 6.38. The van der Waals surface area contributed by atoms with E-state index in [2.05, 4.69) is 228 Å². The monoisotopic (exact) mass is 844 g/mol. The van der Waals surface area contributed by atoms with E-state index in [4.69, 9.17) is 8.83 Å². The highest BCUT2D eigenvalue weighted by molar-refractivity contribution is 6.24. The first-order valence-electron chi connectivity index (χ1n) is 22.4. The van der Waals surface area contributed by atoms with E-state index in [0.29, 0.717) is 0 Å². The summed E-state index contributed by atoms with van der Waals surface area (Å²) in [4.78, 5) is 4.88. The Morgan fingerprint density at radius 2 is 0.500 bits per heavy atom. The van der Waals surface area contributed by atoms with Gasteiger partial charge in [-0.3, -0.25) is 0 Å². The van der Waals surface area contributed by atoms with Crippen molar-refractivity contribution >= 4 is 99.5 Å². The van der Waals surface area contributed by atoms with E-state index in [-0.39, 0.29) is 0 Å². The van der Waals surface area contributed by atoms with Gasteiger partial charge in [-0.05, 0) is 95.1 Å². The molecule has 0 saturated heterocycles. The molecule has 11 aromatic carbocycles. The van der Waals surface area contributed by atoms with E-state index in [1.165, 1.54) is 11.1 Å². The minimum absolute atomic E-state index is 0.862. The third-order valence-corrected chi connectivity index (χ3v) is 13.0. The van der Waals surface area contributed by atoms with Crippen molar-refractivity contribution < 1.29 is 8.83 Å². The summed E-state index contributed by atoms with van der Waals surface area (Å²) in [5.41, 5.74) is 14.5. The Morgan fingerprint density at radius 3 is 0.879 bits per heavy atom. The molecule has 4 heteroatoms. The molecule has 0 atom stereocenters. The molecule has 66 heavy (non-hydrogen) atoms. The van der Waals surface area contributed by atoms with Crippen LogP contribution in [0.3, 0.4) is 0 Å². The van der Waals surface area contributed by atoms with Crippen LogP contribution >= 0.6 is 0 Å². The molecule has 0 fully saturated rings. The second-order valence-corrected chi connectivity index (χ2v) is 16.8. The van der Waals surface area contributed by atoms with Crippen LogP contribution in [0.25, 0.3) is 87.7 Å². The maximum Gasteiger partial charge on any atom is 0.135 e. The fraction of sp³-hybridized carbons (Fsp3) is 0. The van der Waals surface area contributed by atoms with Gasteiger partial charge in [-0.1, -0.05) is 170 Å². The number of hydrogen-bond acceptors (Lipinski definition) is 4. The smallest absolute Gasteiger partial charge is 0.135 e. The average molecular weight is 845 g/mol. The van der Waals surface area contributed by atoms with Gasteiger partial charge < -0.3 is 18.6 Å². The molecule has 0 saturated carbocycles. The van der Waals surface area contributed by atoms with E-state index >= 15 is 0 Å². The van der Waals surface area contributed by atoms with Gasteiger partial charge >= 0.3 is 0 Å². The molecule has 2 aromatic heterocycles. The van der Waals surface area contributed by atoms with Gasteiger partial charge in [0, 0.05) is 65.8 Å². The minimum Gasteiger partial charge on any atom is -0.456 e. The molecule has 13 rings (SSSR count). The van der Waals surface area contributed by atoms with Crippen molar-refractivity contribution in [3.8, 4) is 22.3 Å². The van der Waals surface area contributed by atoms with Gasteiger partial charge in [0.1, 0.15) is 22.3 Å². The normalized spacial score (nSPS) is 11.6. The Morgan fingerprint density at radius 1 is 0.212 bits per heavy atom. The zero-order valence-corrected chi connectivity index (χ0v) is 35.8. The van der Waals surface area contributed by atoms with Crippen LogP contribution in [-0.4, -0.2) is 0 Å². The lowest BCUT2D eigenvalue weighted by Gasteiger charge is -2.33. The number of benzene rings is 11. The summed E-state index contributed by atoms with van der Waals surface area (Å²) >= 11 is 0. The van der Waals surface area contributed by atoms with Gasteiger partial charge in [0.25, 0.3) is 0 Å². The number of para-hydroxylation sites is 2. The number of anilines is 6. The summed E-state index contributed by atoms with van der Waals surface area (Å²) in [5.74, 6) is 0. The number of rotatable bonds is 8. The van der Waals surface area contributed by atoms with Crippen molar-refractivity contribution in [1.82, 2.24) is 0 Å². The van der Waals surface area contributed by atoms with E-state index in [9.17, 15) is 0 Å². The lowest BCUT2D eigenvalue weighted by molar-refractivity contribution is 0.668. The number of fused-ring (bicyclic) bond motifs is 8. The van der Waals surface area contributed by atoms with Crippen LogP contribution in [0.15, 0.2) is 251 Å². The highest BCUT2D eigenvalue weighted by Gasteiger charge is 2.26. The van der Waals surface area contributed by atoms with Gasteiger partial charge in [-0.25, -0.2) is 0 Å². The van der Waals surface area contributed by atoms with Crippen LogP contribution in [0.1, 0.15) is 0 Å². The molecule has 0 bridgehead atoms. The van der Waals surface area contributed by atoms with Crippen molar-refractivity contribution in [3.63, 3.8) is 0 Å². The molecule has 0 N–H and O–H groups in total. The quantitative estimate of drug-likeness (QED) is 0.113. The van der Waals surface area contributed by atoms with E-state index in [1.807, 2.05) is 24.3 Å². The fourth-order valence-corrected chi connectivity index (χ4v) is 9.95. The zero-order chi connectivity index (χ0) is 43.6. The maximum absolute atomic E-state index is 6.38. The zero-order valence-electron chi connectivity index (χ0n) is 35.8. The second kappa shape index (κ2) is 15.4. The number of nitrogens with zero attached hydrogens (tertiary/aromatic N) is 2. The second-order valence-electron chi connectivity index (χ2n) is 16.8. The molecule has 0 radical (unpaired) electrons. The fourth-order valence-electron chi connectivity index (χ4n) is 9.95. The summed E-state index contributed by atoms with van der Waals surface area (Å²) in [6, 6.07) is 86.7. The summed E-state index contributed by atoms with van der Waals surface area (Å²) in [6.07, 6.45) is 0. The van der Waals surface area contributed by atoms with Gasteiger partial charge in [-0.15, -0.1) is 0 Å². The van der Waals surface area contributed by atoms with Crippen LogP contribution in [-0.2, 0) is 0 Å². The third kappa shape index (κ3) is 6.22. The molecule has 0 aliphatic rings. The van der Waals surface area contributed by atoms with Crippen LogP contribution in [0.4, 0.5) is 34.1 Å². The van der Waals surface area contributed by atoms with Crippen molar-refractivity contribution in [3.05, 3.63) is 243 Å². The topological polar surface area (TPSA) is 32.8 Å². The summed E-state index contributed by atoms with van der Waals surface area (Å²) < 4.78 is 12.8. The number of hydrogen-bond donors (Lipinski definition) is 0. The van der Waals surface area contributed by atoms with Crippen molar-refractivity contribution in [2.24, 2.45) is 0 Å². The van der Waals surface area contributed by atoms with Crippen LogP contribution < -0.4 is 9.80 Å². The number of furan rings is 2. The molecule has 0 unspecified atom stereocenters. The predicted molar refractivity (Wildman–Crippen MR) is 276 cm³/mol. The molecule has 0 aliphatic carbocycles. The van der Waals surface area contributed by atoms with Crippen molar-refractivity contribution in [2.45, 2.75) is 0 Å². The van der Waals surface area contributed by atoms with Crippen LogP contribution in [0.2, 0.25) is 0 Å². The molecule has 4 nitrogen and oxygen atoms in total. The Labute approximate surface area is 381 Å². The molecule has 2 heterocycles. The molecule has 13 aromatic rings. The standard InChI is InChI=1S/C62H40N2O2/c1-3-15-41(16-4-1)43-27-31-45(32-28-43)63(47-35-37-59-55(39-47)49-19-11-13-25-57(49)65-59)61-51-21-7-9-23-53(51)62(54-24-10-8-22-52(54)61)64(46-33-29-44(30-34-46)42-17-5-2-6-18-42)48-36-38-60-56(40-48)50-20-12-14-26-58(50)66-60/h1-40H. The van der Waals surface area contributed by atoms with Gasteiger partial charge in [-0.2, -0.15) is 0 Å². The molecule has 0 amide bonds. The molecule has 0 spiro atoms. The van der Waals surface area contributed by atoms with Gasteiger partial charge in [0.05, 0.1) is 11.4 Å². The Kier molecular flexibility index (Phi) is 8.81. The molecular formula is C62H40N2O2. The lowest BCUT2D eigenvalue weighted by atomic mass is 9.95. The highest BCUT2D eigenvalue weighted by atomic mass is 16.3.